The Morgan fingerprint density at radius 2 is 1.90 bits per heavy atom. The van der Waals surface area contributed by atoms with Crippen LogP contribution in [0.3, 0.4) is 0 Å². The molecule has 2 N–H and O–H groups in total. The lowest BCUT2D eigenvalue weighted by Crippen LogP contribution is -2.28. The number of nitrogens with one attached hydrogen (secondary N) is 1. The van der Waals surface area contributed by atoms with Crippen LogP contribution in [0.15, 0.2) is 44.2 Å². The van der Waals surface area contributed by atoms with Crippen LogP contribution >= 0.6 is 0 Å². The molecule has 29 heavy (non-hydrogen) atoms. The van der Waals surface area contributed by atoms with Crippen molar-refractivity contribution in [2.24, 2.45) is 23.2 Å². The number of benzene rings is 1. The van der Waals surface area contributed by atoms with Crippen molar-refractivity contribution in [3.8, 4) is 11.9 Å². The number of sulfonamides is 1. The quantitative estimate of drug-likeness (QED) is 0.667. The van der Waals surface area contributed by atoms with Crippen LogP contribution in [0.25, 0.3) is 0 Å². The van der Waals surface area contributed by atoms with E-state index < -0.39 is 21.5 Å². The molecule has 0 saturated heterocycles. The molecule has 154 valence electrons. The molecule has 0 radical (unpaired) electrons. The average molecular weight is 417 g/mol. The molecule has 1 unspecified atom stereocenters. The lowest BCUT2D eigenvalue weighted by atomic mass is 10.1. The average Bonchev–Trinajstić information content (AvgIpc) is 2.71. The molecular formula is C19H23N5O4S. The van der Waals surface area contributed by atoms with Crippen LogP contribution in [0, 0.1) is 24.2 Å². The van der Waals surface area contributed by atoms with E-state index in [1.807, 2.05) is 13.8 Å². The SMILES string of the molecule is CCC(C)CNS(=O)(=O)c1ccc(/N=N\c2c(C)c(C#N)c(=O)n(C)c2O)cc1. The van der Waals surface area contributed by atoms with Gasteiger partial charge in [-0.15, -0.1) is 5.11 Å². The maximum absolute atomic E-state index is 12.3. The minimum Gasteiger partial charge on any atom is -0.493 e. The lowest BCUT2D eigenvalue weighted by Gasteiger charge is -2.11. The second-order valence-electron chi connectivity index (χ2n) is 6.71. The molecule has 1 aromatic heterocycles. The Morgan fingerprint density at radius 3 is 2.45 bits per heavy atom. The third kappa shape index (κ3) is 4.88. The molecule has 0 fully saturated rings. The Hall–Kier alpha value is -3.03. The molecule has 0 bridgehead atoms. The lowest BCUT2D eigenvalue weighted by molar-refractivity contribution is 0.424. The number of nitrogens with zero attached hydrogens (tertiary/aromatic N) is 4. The van der Waals surface area contributed by atoms with Gasteiger partial charge < -0.3 is 5.11 Å². The van der Waals surface area contributed by atoms with E-state index in [-0.39, 0.29) is 27.6 Å². The minimum absolute atomic E-state index is 0.00410. The molecule has 0 aliphatic heterocycles. The van der Waals surface area contributed by atoms with Crippen molar-refractivity contribution in [1.82, 2.24) is 9.29 Å². The van der Waals surface area contributed by atoms with Crippen LogP contribution in [-0.4, -0.2) is 24.6 Å². The van der Waals surface area contributed by atoms with Gasteiger partial charge in [-0.2, -0.15) is 10.4 Å². The van der Waals surface area contributed by atoms with Crippen molar-refractivity contribution in [2.75, 3.05) is 6.54 Å². The van der Waals surface area contributed by atoms with E-state index in [0.29, 0.717) is 12.2 Å². The number of hydrogen-bond donors (Lipinski definition) is 2. The van der Waals surface area contributed by atoms with Crippen LogP contribution < -0.4 is 10.3 Å². The zero-order valence-electron chi connectivity index (χ0n) is 16.7. The molecule has 0 spiro atoms. The predicted molar refractivity (Wildman–Crippen MR) is 108 cm³/mol. The van der Waals surface area contributed by atoms with Gasteiger partial charge in [0.25, 0.3) is 5.56 Å². The van der Waals surface area contributed by atoms with Crippen molar-refractivity contribution in [3.05, 3.63) is 45.7 Å². The highest BCUT2D eigenvalue weighted by molar-refractivity contribution is 7.89. The van der Waals surface area contributed by atoms with Crippen molar-refractivity contribution in [1.29, 1.82) is 5.26 Å². The van der Waals surface area contributed by atoms with Crippen LogP contribution in [0.5, 0.6) is 5.88 Å². The summed E-state index contributed by atoms with van der Waals surface area (Å²) in [5.41, 5.74) is -0.202. The van der Waals surface area contributed by atoms with E-state index in [2.05, 4.69) is 15.0 Å². The Labute approximate surface area is 169 Å². The Morgan fingerprint density at radius 1 is 1.28 bits per heavy atom. The number of azo groups is 1. The summed E-state index contributed by atoms with van der Waals surface area (Å²) in [4.78, 5) is 12.1. The highest BCUT2D eigenvalue weighted by Gasteiger charge is 2.17. The first-order chi connectivity index (χ1) is 13.6. The summed E-state index contributed by atoms with van der Waals surface area (Å²) in [6, 6.07) is 7.55. The summed E-state index contributed by atoms with van der Waals surface area (Å²) in [7, 11) is -2.30. The van der Waals surface area contributed by atoms with E-state index in [1.54, 1.807) is 6.07 Å². The fourth-order valence-electron chi connectivity index (χ4n) is 2.40. The minimum atomic E-state index is -3.62. The second-order valence-corrected chi connectivity index (χ2v) is 8.47. The molecule has 0 aliphatic carbocycles. The molecule has 0 amide bonds. The van der Waals surface area contributed by atoms with Gasteiger partial charge in [0, 0.05) is 19.2 Å². The van der Waals surface area contributed by atoms with Crippen LogP contribution in [0.1, 0.15) is 31.4 Å². The maximum atomic E-state index is 12.3. The fourth-order valence-corrected chi connectivity index (χ4v) is 3.56. The van der Waals surface area contributed by atoms with Gasteiger partial charge in [0.05, 0.1) is 10.6 Å². The van der Waals surface area contributed by atoms with Crippen LogP contribution in [0.2, 0.25) is 0 Å². The third-order valence-electron chi connectivity index (χ3n) is 4.62. The predicted octanol–water partition coefficient (Wildman–Crippen LogP) is 3.01. The van der Waals surface area contributed by atoms with Gasteiger partial charge in [0.2, 0.25) is 15.9 Å². The Balaban J connectivity index is 2.29. The number of aromatic hydroxyl groups is 1. The molecule has 1 atom stereocenters. The highest BCUT2D eigenvalue weighted by atomic mass is 32.2. The van der Waals surface area contributed by atoms with Crippen molar-refractivity contribution in [3.63, 3.8) is 0 Å². The summed E-state index contributed by atoms with van der Waals surface area (Å²) in [5, 5.41) is 27.2. The standard InChI is InChI=1S/C19H23N5O4S/c1-5-12(2)11-21-29(27,28)15-8-6-14(7-9-15)22-23-17-13(3)16(10-20)18(25)24(4)19(17)26/h6-9,12,21,26H,5,11H2,1-4H3/b23-22-. The molecule has 0 aliphatic rings. The molecule has 9 nitrogen and oxygen atoms in total. The van der Waals surface area contributed by atoms with Crippen molar-refractivity contribution in [2.45, 2.75) is 32.1 Å². The molecular weight excluding hydrogens is 394 g/mol. The summed E-state index contributed by atoms with van der Waals surface area (Å²) in [5.74, 6) is -0.183. The normalized spacial score (nSPS) is 12.8. The number of pyridine rings is 1. The number of rotatable bonds is 7. The number of nitriles is 1. The maximum Gasteiger partial charge on any atom is 0.271 e. The molecule has 1 aromatic carbocycles. The molecule has 2 rings (SSSR count). The summed E-state index contributed by atoms with van der Waals surface area (Å²) >= 11 is 0. The summed E-state index contributed by atoms with van der Waals surface area (Å²) in [6.45, 7) is 5.79. The van der Waals surface area contributed by atoms with Crippen molar-refractivity contribution >= 4 is 21.4 Å². The molecule has 0 saturated carbocycles. The van der Waals surface area contributed by atoms with Gasteiger partial charge in [-0.05, 0) is 37.1 Å². The first-order valence-electron chi connectivity index (χ1n) is 8.96. The zero-order chi connectivity index (χ0) is 21.8. The third-order valence-corrected chi connectivity index (χ3v) is 6.06. The summed E-state index contributed by atoms with van der Waals surface area (Å²) < 4.78 is 28.1. The van der Waals surface area contributed by atoms with E-state index in [4.69, 9.17) is 5.26 Å². The van der Waals surface area contributed by atoms with Gasteiger partial charge in [-0.1, -0.05) is 20.3 Å². The molecule has 2 aromatic rings. The van der Waals surface area contributed by atoms with Crippen LogP contribution in [0.4, 0.5) is 11.4 Å². The first-order valence-corrected chi connectivity index (χ1v) is 10.4. The monoisotopic (exact) mass is 417 g/mol. The Kier molecular flexibility index (Phi) is 6.89. The topological polar surface area (TPSA) is 137 Å². The van der Waals surface area contributed by atoms with Gasteiger partial charge in [-0.3, -0.25) is 9.36 Å². The molecule has 10 heteroatoms. The second kappa shape index (κ2) is 8.98. The highest BCUT2D eigenvalue weighted by Crippen LogP contribution is 2.31. The smallest absolute Gasteiger partial charge is 0.271 e. The number of aromatic nitrogens is 1. The summed E-state index contributed by atoms with van der Waals surface area (Å²) in [6.07, 6.45) is 0.868. The van der Waals surface area contributed by atoms with Gasteiger partial charge in [0.1, 0.15) is 11.6 Å². The van der Waals surface area contributed by atoms with E-state index in [9.17, 15) is 18.3 Å². The van der Waals surface area contributed by atoms with Gasteiger partial charge in [-0.25, -0.2) is 13.1 Å². The van der Waals surface area contributed by atoms with E-state index >= 15 is 0 Å². The fraction of sp³-hybridized carbons (Fsp3) is 0.368. The van der Waals surface area contributed by atoms with E-state index in [1.165, 1.54) is 38.2 Å². The zero-order valence-corrected chi connectivity index (χ0v) is 17.5. The van der Waals surface area contributed by atoms with Gasteiger partial charge in [0.15, 0.2) is 5.69 Å². The molecule has 1 heterocycles. The largest absolute Gasteiger partial charge is 0.493 e. The van der Waals surface area contributed by atoms with E-state index in [0.717, 1.165) is 11.0 Å². The first kappa shape index (κ1) is 22.3. The van der Waals surface area contributed by atoms with Crippen LogP contribution in [-0.2, 0) is 17.1 Å². The van der Waals surface area contributed by atoms with Gasteiger partial charge >= 0.3 is 0 Å². The Bertz CT molecular complexity index is 1130. The number of hydrogen-bond acceptors (Lipinski definition) is 7. The van der Waals surface area contributed by atoms with Crippen molar-refractivity contribution < 1.29 is 13.5 Å².